The van der Waals surface area contributed by atoms with E-state index in [0.717, 1.165) is 6.42 Å². The van der Waals surface area contributed by atoms with Crippen molar-refractivity contribution in [2.75, 3.05) is 0 Å². The Morgan fingerprint density at radius 1 is 1.44 bits per heavy atom. The van der Waals surface area contributed by atoms with Crippen molar-refractivity contribution in [3.05, 3.63) is 35.5 Å². The molecule has 0 spiro atoms. The van der Waals surface area contributed by atoms with Gasteiger partial charge in [0.25, 0.3) is 5.91 Å². The van der Waals surface area contributed by atoms with E-state index in [0.29, 0.717) is 5.57 Å². The van der Waals surface area contributed by atoms with Gasteiger partial charge in [0.1, 0.15) is 0 Å². The molecule has 3 heteroatoms. The van der Waals surface area contributed by atoms with E-state index in [-0.39, 0.29) is 5.91 Å². The monoisotopic (exact) mass is 220 g/mol. The third-order valence-corrected chi connectivity index (χ3v) is 1.84. The highest BCUT2D eigenvalue weighted by molar-refractivity contribution is 5.96. The van der Waals surface area contributed by atoms with Gasteiger partial charge in [-0.25, -0.2) is 5.43 Å². The van der Waals surface area contributed by atoms with Gasteiger partial charge in [-0.1, -0.05) is 37.6 Å². The first-order chi connectivity index (χ1) is 7.74. The van der Waals surface area contributed by atoms with Gasteiger partial charge in [0.05, 0.1) is 0 Å². The van der Waals surface area contributed by atoms with Crippen LogP contribution in [0.3, 0.4) is 0 Å². The van der Waals surface area contributed by atoms with Gasteiger partial charge >= 0.3 is 0 Å². The summed E-state index contributed by atoms with van der Waals surface area (Å²) in [7, 11) is 0. The maximum absolute atomic E-state index is 11.4. The largest absolute Gasteiger partial charge is 0.271 e. The number of carbonyl (C=O) groups excluding carboxylic acids is 1. The summed E-state index contributed by atoms with van der Waals surface area (Å²) in [6.45, 7) is 7.79. The minimum absolute atomic E-state index is 0.176. The highest BCUT2D eigenvalue weighted by Gasteiger charge is 2.05. The fraction of sp³-hybridized carbons (Fsp3) is 0.385. The molecule has 0 aromatic heterocycles. The molecule has 0 unspecified atom stereocenters. The quantitative estimate of drug-likeness (QED) is 0.564. The summed E-state index contributed by atoms with van der Waals surface area (Å²) in [5.41, 5.74) is 4.30. The van der Waals surface area contributed by atoms with Crippen LogP contribution in [0.4, 0.5) is 0 Å². The van der Waals surface area contributed by atoms with Gasteiger partial charge in [-0.05, 0) is 26.3 Å². The third kappa shape index (κ3) is 5.29. The van der Waals surface area contributed by atoms with E-state index >= 15 is 0 Å². The van der Waals surface area contributed by atoms with Crippen molar-refractivity contribution in [3.63, 3.8) is 0 Å². The molecule has 1 aliphatic carbocycles. The Kier molecular flexibility index (Phi) is 7.76. The molecular weight excluding hydrogens is 200 g/mol. The maximum atomic E-state index is 11.4. The lowest BCUT2D eigenvalue weighted by molar-refractivity contribution is -0.117. The molecule has 3 nitrogen and oxygen atoms in total. The number of nitrogens with one attached hydrogen (secondary N) is 1. The molecule has 0 radical (unpaired) electrons. The van der Waals surface area contributed by atoms with Gasteiger partial charge < -0.3 is 0 Å². The van der Waals surface area contributed by atoms with E-state index in [1.165, 1.54) is 5.57 Å². The van der Waals surface area contributed by atoms with Crippen molar-refractivity contribution in [1.29, 1.82) is 0 Å². The molecule has 1 rings (SSSR count). The maximum Gasteiger partial charge on any atom is 0.271 e. The van der Waals surface area contributed by atoms with Crippen LogP contribution in [-0.4, -0.2) is 12.1 Å². The van der Waals surface area contributed by atoms with Crippen molar-refractivity contribution < 1.29 is 4.79 Å². The molecule has 0 aromatic rings. The SMILES string of the molecule is C/C=N/NC(=O)C1=CC=C(C)CC=C1.CC. The van der Waals surface area contributed by atoms with E-state index < -0.39 is 0 Å². The lowest BCUT2D eigenvalue weighted by Gasteiger charge is -1.97. The first kappa shape index (κ1) is 14.4. The number of nitrogens with zero attached hydrogens (tertiary/aromatic N) is 1. The molecule has 0 aromatic carbocycles. The Hall–Kier alpha value is -1.64. The van der Waals surface area contributed by atoms with Crippen LogP contribution in [-0.2, 0) is 4.79 Å². The first-order valence-corrected chi connectivity index (χ1v) is 5.56. The first-order valence-electron chi connectivity index (χ1n) is 5.56. The van der Waals surface area contributed by atoms with Crippen LogP contribution in [0.2, 0.25) is 0 Å². The van der Waals surface area contributed by atoms with E-state index in [2.05, 4.69) is 10.5 Å². The minimum Gasteiger partial charge on any atom is -0.267 e. The van der Waals surface area contributed by atoms with Gasteiger partial charge in [0.2, 0.25) is 0 Å². The van der Waals surface area contributed by atoms with E-state index in [4.69, 9.17) is 0 Å². The molecule has 16 heavy (non-hydrogen) atoms. The highest BCUT2D eigenvalue weighted by atomic mass is 16.2. The van der Waals surface area contributed by atoms with Gasteiger partial charge in [-0.15, -0.1) is 0 Å². The van der Waals surface area contributed by atoms with Crippen molar-refractivity contribution in [2.45, 2.75) is 34.1 Å². The molecule has 1 amide bonds. The fourth-order valence-corrected chi connectivity index (χ4v) is 1.07. The Bertz CT molecular complexity index is 336. The van der Waals surface area contributed by atoms with Crippen LogP contribution < -0.4 is 5.43 Å². The third-order valence-electron chi connectivity index (χ3n) is 1.84. The number of hydrogen-bond donors (Lipinski definition) is 1. The van der Waals surface area contributed by atoms with Crippen LogP contribution in [0, 0.1) is 0 Å². The van der Waals surface area contributed by atoms with Crippen LogP contribution in [0.1, 0.15) is 34.1 Å². The molecule has 0 heterocycles. The average molecular weight is 220 g/mol. The number of rotatable bonds is 2. The Morgan fingerprint density at radius 3 is 2.75 bits per heavy atom. The van der Waals surface area contributed by atoms with Crippen LogP contribution in [0.5, 0.6) is 0 Å². The molecular formula is C13H20N2O. The summed E-state index contributed by atoms with van der Waals surface area (Å²) >= 11 is 0. The van der Waals surface area contributed by atoms with Crippen LogP contribution >= 0.6 is 0 Å². The zero-order chi connectivity index (χ0) is 12.4. The molecule has 0 atom stereocenters. The number of carbonyl (C=O) groups is 1. The molecule has 0 saturated heterocycles. The molecule has 88 valence electrons. The summed E-state index contributed by atoms with van der Waals surface area (Å²) in [6.07, 6.45) is 9.97. The molecule has 0 fully saturated rings. The van der Waals surface area contributed by atoms with E-state index in [1.807, 2.05) is 39.0 Å². The number of hydrogen-bond acceptors (Lipinski definition) is 2. The second-order valence-electron chi connectivity index (χ2n) is 3.07. The average Bonchev–Trinajstić information content (AvgIpc) is 2.53. The van der Waals surface area contributed by atoms with Gasteiger partial charge in [-0.3, -0.25) is 4.79 Å². The second-order valence-corrected chi connectivity index (χ2v) is 3.07. The predicted octanol–water partition coefficient (Wildman–Crippen LogP) is 2.97. The number of amides is 1. The van der Waals surface area contributed by atoms with E-state index in [9.17, 15) is 4.79 Å². The molecule has 0 aliphatic heterocycles. The van der Waals surface area contributed by atoms with Crippen molar-refractivity contribution in [2.24, 2.45) is 5.10 Å². The predicted molar refractivity (Wildman–Crippen MR) is 69.3 cm³/mol. The topological polar surface area (TPSA) is 41.5 Å². The Morgan fingerprint density at radius 2 is 2.12 bits per heavy atom. The van der Waals surface area contributed by atoms with Crippen LogP contribution in [0.15, 0.2) is 40.6 Å². The van der Waals surface area contributed by atoms with Crippen LogP contribution in [0.25, 0.3) is 0 Å². The number of allylic oxidation sites excluding steroid dienone is 4. The van der Waals surface area contributed by atoms with Crippen molar-refractivity contribution in [1.82, 2.24) is 5.43 Å². The standard InChI is InChI=1S/C11H14N2O.C2H6/c1-3-12-13-11(14)10-6-4-5-9(2)7-8-10;1-2/h3-4,6-8H,5H2,1-2H3,(H,13,14);1-2H3/b12-3+;. The smallest absolute Gasteiger partial charge is 0.267 e. The van der Waals surface area contributed by atoms with Gasteiger partial charge in [0.15, 0.2) is 0 Å². The fourth-order valence-electron chi connectivity index (χ4n) is 1.07. The van der Waals surface area contributed by atoms with Gasteiger partial charge in [0, 0.05) is 11.8 Å². The summed E-state index contributed by atoms with van der Waals surface area (Å²) < 4.78 is 0. The molecule has 1 N–H and O–H groups in total. The lowest BCUT2D eigenvalue weighted by atomic mass is 10.2. The lowest BCUT2D eigenvalue weighted by Crippen LogP contribution is -2.18. The highest BCUT2D eigenvalue weighted by Crippen LogP contribution is 2.10. The molecule has 0 saturated carbocycles. The number of hydrazone groups is 1. The van der Waals surface area contributed by atoms with E-state index in [1.54, 1.807) is 19.2 Å². The Balaban J connectivity index is 0.00000106. The van der Waals surface area contributed by atoms with Crippen molar-refractivity contribution in [3.8, 4) is 0 Å². The Labute approximate surface area is 97.6 Å². The molecule has 0 bridgehead atoms. The van der Waals surface area contributed by atoms with Gasteiger partial charge in [-0.2, -0.15) is 5.10 Å². The summed E-state index contributed by atoms with van der Waals surface area (Å²) in [5.74, 6) is -0.176. The van der Waals surface area contributed by atoms with Crippen molar-refractivity contribution >= 4 is 12.1 Å². The summed E-state index contributed by atoms with van der Waals surface area (Å²) in [6, 6.07) is 0. The zero-order valence-corrected chi connectivity index (χ0v) is 10.4. The second kappa shape index (κ2) is 8.65. The zero-order valence-electron chi connectivity index (χ0n) is 10.4. The normalized spacial score (nSPS) is 14.5. The summed E-state index contributed by atoms with van der Waals surface area (Å²) in [5, 5.41) is 3.68. The minimum atomic E-state index is -0.176. The summed E-state index contributed by atoms with van der Waals surface area (Å²) in [4.78, 5) is 11.4. The molecule has 1 aliphatic rings.